The molecular weight excluding hydrogens is 322 g/mol. The number of nitrogens with zero attached hydrogens (tertiary/aromatic N) is 4. The number of rotatable bonds is 4. The van der Waals surface area contributed by atoms with Crippen LogP contribution in [0.5, 0.6) is 11.6 Å². The van der Waals surface area contributed by atoms with Crippen molar-refractivity contribution in [1.82, 2.24) is 14.8 Å². The molecule has 0 fully saturated rings. The van der Waals surface area contributed by atoms with E-state index in [1.54, 1.807) is 17.2 Å². The molecule has 0 aromatic carbocycles. The Kier molecular flexibility index (Phi) is 4.63. The first-order valence-corrected chi connectivity index (χ1v) is 8.20. The zero-order valence-corrected chi connectivity index (χ0v) is 14.9. The van der Waals surface area contributed by atoms with Gasteiger partial charge >= 0.3 is 0 Å². The van der Waals surface area contributed by atoms with Gasteiger partial charge in [0, 0.05) is 24.8 Å². The zero-order chi connectivity index (χ0) is 18.1. The second kappa shape index (κ2) is 6.72. The summed E-state index contributed by atoms with van der Waals surface area (Å²) in [5.41, 5.74) is 8.34. The van der Waals surface area contributed by atoms with Gasteiger partial charge in [0.15, 0.2) is 5.75 Å². The molecule has 0 aliphatic carbocycles. The molecule has 1 aliphatic heterocycles. The maximum atomic E-state index is 13.0. The van der Waals surface area contributed by atoms with Gasteiger partial charge in [-0.1, -0.05) is 0 Å². The summed E-state index contributed by atoms with van der Waals surface area (Å²) in [7, 11) is 3.02. The number of hydrogen-bond donors (Lipinski definition) is 1. The largest absolute Gasteiger partial charge is 0.491 e. The van der Waals surface area contributed by atoms with E-state index in [2.05, 4.69) is 10.1 Å². The van der Waals surface area contributed by atoms with E-state index in [1.165, 1.54) is 20.4 Å². The summed E-state index contributed by atoms with van der Waals surface area (Å²) >= 11 is 0. The lowest BCUT2D eigenvalue weighted by atomic mass is 10.0. The van der Waals surface area contributed by atoms with Crippen LogP contribution in [0.2, 0.25) is 0 Å². The number of anilines is 1. The summed E-state index contributed by atoms with van der Waals surface area (Å²) in [6.07, 6.45) is 3.88. The average molecular weight is 345 g/mol. The summed E-state index contributed by atoms with van der Waals surface area (Å²) in [6, 6.07) is 1.68. The van der Waals surface area contributed by atoms with Crippen molar-refractivity contribution in [2.75, 3.05) is 25.7 Å². The lowest BCUT2D eigenvalue weighted by Gasteiger charge is -2.31. The maximum absolute atomic E-state index is 13.0. The third-order valence-electron chi connectivity index (χ3n) is 4.33. The summed E-state index contributed by atoms with van der Waals surface area (Å²) in [5.74, 6) is 0.595. The first kappa shape index (κ1) is 17.2. The van der Waals surface area contributed by atoms with Crippen molar-refractivity contribution < 1.29 is 14.3 Å². The molecular formula is C17H23N5O3. The topological polar surface area (TPSA) is 95.5 Å². The molecule has 2 aromatic heterocycles. The van der Waals surface area contributed by atoms with E-state index < -0.39 is 0 Å². The van der Waals surface area contributed by atoms with E-state index in [0.29, 0.717) is 30.2 Å². The Hall–Kier alpha value is -2.61. The SMILES string of the molecule is COc1cc(C(=O)N2CCC(N)c3c2cnn3C(C)C)cnc1OC. The first-order chi connectivity index (χ1) is 12.0. The number of amides is 1. The predicted molar refractivity (Wildman–Crippen MR) is 93.2 cm³/mol. The molecule has 3 rings (SSSR count). The highest BCUT2D eigenvalue weighted by molar-refractivity contribution is 6.06. The minimum atomic E-state index is -0.162. The molecule has 134 valence electrons. The molecule has 2 aromatic rings. The highest BCUT2D eigenvalue weighted by atomic mass is 16.5. The molecule has 8 nitrogen and oxygen atoms in total. The van der Waals surface area contributed by atoms with Crippen molar-refractivity contribution in [3.05, 3.63) is 29.7 Å². The van der Waals surface area contributed by atoms with Crippen molar-refractivity contribution in [1.29, 1.82) is 0 Å². The van der Waals surface area contributed by atoms with Gasteiger partial charge in [-0.3, -0.25) is 9.48 Å². The number of methoxy groups -OCH3 is 2. The van der Waals surface area contributed by atoms with E-state index in [1.807, 2.05) is 18.5 Å². The third kappa shape index (κ3) is 2.93. The smallest absolute Gasteiger partial charge is 0.260 e. The van der Waals surface area contributed by atoms with Crippen LogP contribution in [0.3, 0.4) is 0 Å². The maximum Gasteiger partial charge on any atom is 0.260 e. The Labute approximate surface area is 146 Å². The summed E-state index contributed by atoms with van der Waals surface area (Å²) in [5, 5.41) is 4.42. The van der Waals surface area contributed by atoms with E-state index in [-0.39, 0.29) is 18.0 Å². The average Bonchev–Trinajstić information content (AvgIpc) is 3.07. The number of nitrogens with two attached hydrogens (primary N) is 1. The van der Waals surface area contributed by atoms with E-state index in [0.717, 1.165) is 11.4 Å². The quantitative estimate of drug-likeness (QED) is 0.910. The highest BCUT2D eigenvalue weighted by Gasteiger charge is 2.32. The number of ether oxygens (including phenoxy) is 2. The molecule has 1 atom stereocenters. The van der Waals surface area contributed by atoms with Crippen molar-refractivity contribution in [3.63, 3.8) is 0 Å². The van der Waals surface area contributed by atoms with Crippen LogP contribution in [-0.4, -0.2) is 41.4 Å². The summed E-state index contributed by atoms with van der Waals surface area (Å²) in [6.45, 7) is 4.61. The number of aromatic nitrogens is 3. The molecule has 0 bridgehead atoms. The summed E-state index contributed by atoms with van der Waals surface area (Å²) in [4.78, 5) is 18.9. The van der Waals surface area contributed by atoms with Crippen LogP contribution in [0.4, 0.5) is 5.69 Å². The summed E-state index contributed by atoms with van der Waals surface area (Å²) < 4.78 is 12.2. The molecule has 0 spiro atoms. The van der Waals surface area contributed by atoms with Crippen LogP contribution < -0.4 is 20.1 Å². The van der Waals surface area contributed by atoms with Crippen LogP contribution in [0.25, 0.3) is 0 Å². The molecule has 0 radical (unpaired) electrons. The fraction of sp³-hybridized carbons (Fsp3) is 0.471. The van der Waals surface area contributed by atoms with Gasteiger partial charge in [-0.2, -0.15) is 5.10 Å². The standard InChI is InChI=1S/C17H23N5O3/c1-10(2)22-15-12(18)5-6-21(13(15)9-20-22)17(23)11-7-14(24-3)16(25-4)19-8-11/h7-10,12H,5-6,18H2,1-4H3. The Morgan fingerprint density at radius 3 is 2.72 bits per heavy atom. The number of fused-ring (bicyclic) bond motifs is 1. The van der Waals surface area contributed by atoms with Crippen LogP contribution in [0, 0.1) is 0 Å². The van der Waals surface area contributed by atoms with Gasteiger partial charge < -0.3 is 20.1 Å². The number of carbonyl (C=O) groups excluding carboxylic acids is 1. The molecule has 1 aliphatic rings. The first-order valence-electron chi connectivity index (χ1n) is 8.20. The molecule has 2 N–H and O–H groups in total. The van der Waals surface area contributed by atoms with Crippen molar-refractivity contribution in [2.24, 2.45) is 5.73 Å². The second-order valence-electron chi connectivity index (χ2n) is 6.24. The van der Waals surface area contributed by atoms with Crippen molar-refractivity contribution >= 4 is 11.6 Å². The predicted octanol–water partition coefficient (Wildman–Crippen LogP) is 1.93. The van der Waals surface area contributed by atoms with E-state index in [9.17, 15) is 4.79 Å². The minimum absolute atomic E-state index is 0.132. The molecule has 1 amide bonds. The molecule has 25 heavy (non-hydrogen) atoms. The lowest BCUT2D eigenvalue weighted by Crippen LogP contribution is -2.39. The Balaban J connectivity index is 1.98. The van der Waals surface area contributed by atoms with Gasteiger partial charge in [-0.15, -0.1) is 0 Å². The van der Waals surface area contributed by atoms with Crippen LogP contribution >= 0.6 is 0 Å². The fourth-order valence-corrected chi connectivity index (χ4v) is 3.08. The number of carbonyl (C=O) groups is 1. The van der Waals surface area contributed by atoms with Crippen LogP contribution in [-0.2, 0) is 0 Å². The van der Waals surface area contributed by atoms with E-state index >= 15 is 0 Å². The van der Waals surface area contributed by atoms with Gasteiger partial charge in [-0.25, -0.2) is 4.98 Å². The van der Waals surface area contributed by atoms with Crippen LogP contribution in [0.1, 0.15) is 48.4 Å². The van der Waals surface area contributed by atoms with Crippen molar-refractivity contribution in [2.45, 2.75) is 32.4 Å². The fourth-order valence-electron chi connectivity index (χ4n) is 3.08. The third-order valence-corrected chi connectivity index (χ3v) is 4.33. The molecule has 3 heterocycles. The Bertz CT molecular complexity index is 787. The Morgan fingerprint density at radius 2 is 2.08 bits per heavy atom. The van der Waals surface area contributed by atoms with Gasteiger partial charge in [0.25, 0.3) is 11.8 Å². The Morgan fingerprint density at radius 1 is 1.32 bits per heavy atom. The minimum Gasteiger partial charge on any atom is -0.491 e. The lowest BCUT2D eigenvalue weighted by molar-refractivity contribution is 0.0983. The van der Waals surface area contributed by atoms with Gasteiger partial charge in [0.1, 0.15) is 0 Å². The molecule has 1 unspecified atom stereocenters. The van der Waals surface area contributed by atoms with Crippen molar-refractivity contribution in [3.8, 4) is 11.6 Å². The van der Waals surface area contributed by atoms with Crippen LogP contribution in [0.15, 0.2) is 18.5 Å². The molecule has 0 saturated carbocycles. The van der Waals surface area contributed by atoms with Gasteiger partial charge in [0.05, 0.1) is 43.4 Å². The second-order valence-corrected chi connectivity index (χ2v) is 6.24. The molecule has 8 heteroatoms. The van der Waals surface area contributed by atoms with Gasteiger partial charge in [-0.05, 0) is 20.3 Å². The van der Waals surface area contributed by atoms with Gasteiger partial charge in [0.2, 0.25) is 0 Å². The monoisotopic (exact) mass is 345 g/mol. The highest BCUT2D eigenvalue weighted by Crippen LogP contribution is 2.35. The van der Waals surface area contributed by atoms with E-state index in [4.69, 9.17) is 15.2 Å². The number of pyridine rings is 1. The number of hydrogen-bond acceptors (Lipinski definition) is 6. The zero-order valence-electron chi connectivity index (χ0n) is 14.9. The normalized spacial score (nSPS) is 16.7. The molecule has 0 saturated heterocycles.